The average Bonchev–Trinajstić information content (AvgIpc) is 2.89. The number of hydrogen-bond acceptors (Lipinski definition) is 3. The number of benzene rings is 1. The van der Waals surface area contributed by atoms with Crippen molar-refractivity contribution in [3.63, 3.8) is 0 Å². The fourth-order valence-corrected chi connectivity index (χ4v) is 2.87. The Kier molecular flexibility index (Phi) is 7.07. The van der Waals surface area contributed by atoms with E-state index in [2.05, 4.69) is 0 Å². The molecule has 118 valence electrons. The molecule has 1 heterocycles. The smallest absolute Gasteiger partial charge is 0.263 e. The third-order valence-electron chi connectivity index (χ3n) is 3.48. The van der Waals surface area contributed by atoms with Gasteiger partial charge in [-0.05, 0) is 38.0 Å². The van der Waals surface area contributed by atoms with Crippen LogP contribution in [0.25, 0.3) is 0 Å². The number of nitrogens with zero attached hydrogens (tertiary/aromatic N) is 1. The summed E-state index contributed by atoms with van der Waals surface area (Å²) < 4.78 is 5.64. The second kappa shape index (κ2) is 8.08. The molecule has 2 rings (SSSR count). The van der Waals surface area contributed by atoms with Gasteiger partial charge in [-0.15, -0.1) is 12.4 Å². The zero-order valence-corrected chi connectivity index (χ0v) is 14.0. The maximum Gasteiger partial charge on any atom is 0.263 e. The molecule has 4 nitrogen and oxygen atoms in total. The molecule has 7 heteroatoms. The molecule has 1 aliphatic rings. The molecule has 1 aromatic rings. The minimum Gasteiger partial charge on any atom is -0.479 e. The number of likely N-dealkylation sites (tertiary alicyclic amines) is 1. The van der Waals surface area contributed by atoms with Crippen LogP contribution in [0.5, 0.6) is 5.75 Å². The molecule has 0 spiro atoms. The van der Waals surface area contributed by atoms with Crippen LogP contribution in [-0.4, -0.2) is 36.0 Å². The summed E-state index contributed by atoms with van der Waals surface area (Å²) in [6, 6.07) is 5.06. The third-order valence-corrected chi connectivity index (χ3v) is 4.01. The lowest BCUT2D eigenvalue weighted by molar-refractivity contribution is -0.138. The van der Waals surface area contributed by atoms with E-state index in [1.54, 1.807) is 30.0 Å². The number of rotatable bonds is 4. The molecule has 0 aliphatic carbocycles. The van der Waals surface area contributed by atoms with Crippen molar-refractivity contribution in [2.45, 2.75) is 31.9 Å². The van der Waals surface area contributed by atoms with Crippen molar-refractivity contribution in [3.8, 4) is 5.75 Å². The molecule has 1 saturated heterocycles. The van der Waals surface area contributed by atoms with E-state index in [9.17, 15) is 4.79 Å². The highest BCUT2D eigenvalue weighted by Crippen LogP contribution is 2.29. The van der Waals surface area contributed by atoms with Crippen molar-refractivity contribution >= 4 is 41.5 Å². The van der Waals surface area contributed by atoms with Crippen molar-refractivity contribution in [1.29, 1.82) is 0 Å². The van der Waals surface area contributed by atoms with Crippen LogP contribution in [0.2, 0.25) is 10.0 Å². The normalized spacial score (nSPS) is 19.0. The second-order valence-corrected chi connectivity index (χ2v) is 5.74. The summed E-state index contributed by atoms with van der Waals surface area (Å²) in [6.07, 6.45) is 1.35. The molecule has 1 aliphatic heterocycles. The first-order valence-electron chi connectivity index (χ1n) is 6.65. The van der Waals surface area contributed by atoms with E-state index in [0.717, 1.165) is 19.4 Å². The highest BCUT2D eigenvalue weighted by Gasteiger charge is 2.31. The number of nitrogens with two attached hydrogens (primary N) is 1. The van der Waals surface area contributed by atoms with Gasteiger partial charge in [0.25, 0.3) is 5.91 Å². The zero-order chi connectivity index (χ0) is 14.7. The number of halogens is 3. The second-order valence-electron chi connectivity index (χ2n) is 4.90. The van der Waals surface area contributed by atoms with E-state index in [1.807, 2.05) is 0 Å². The van der Waals surface area contributed by atoms with E-state index < -0.39 is 6.10 Å². The van der Waals surface area contributed by atoms with E-state index in [0.29, 0.717) is 22.3 Å². The first-order valence-corrected chi connectivity index (χ1v) is 7.40. The molecule has 21 heavy (non-hydrogen) atoms. The monoisotopic (exact) mass is 352 g/mol. The topological polar surface area (TPSA) is 55.6 Å². The van der Waals surface area contributed by atoms with Gasteiger partial charge in [-0.2, -0.15) is 0 Å². The molecule has 2 N–H and O–H groups in total. The molecule has 0 bridgehead atoms. The minimum absolute atomic E-state index is 0. The fourth-order valence-electron chi connectivity index (χ4n) is 2.42. The Morgan fingerprint density at radius 1 is 1.52 bits per heavy atom. The van der Waals surface area contributed by atoms with Crippen LogP contribution >= 0.6 is 35.6 Å². The Morgan fingerprint density at radius 2 is 2.24 bits per heavy atom. The quantitative estimate of drug-likeness (QED) is 0.905. The van der Waals surface area contributed by atoms with Gasteiger partial charge >= 0.3 is 0 Å². The molecule has 2 atom stereocenters. The van der Waals surface area contributed by atoms with Crippen LogP contribution in [0, 0.1) is 0 Å². The SMILES string of the molecule is CC(Oc1ccc(Cl)cc1Cl)C(=O)N1CCCC1CN.Cl. The van der Waals surface area contributed by atoms with Crippen molar-refractivity contribution in [2.24, 2.45) is 5.73 Å². The van der Waals surface area contributed by atoms with Crippen molar-refractivity contribution < 1.29 is 9.53 Å². The average molecular weight is 354 g/mol. The Morgan fingerprint density at radius 3 is 2.86 bits per heavy atom. The summed E-state index contributed by atoms with van der Waals surface area (Å²) in [5, 5.41) is 0.929. The summed E-state index contributed by atoms with van der Waals surface area (Å²) in [5.41, 5.74) is 5.68. The largest absolute Gasteiger partial charge is 0.479 e. The predicted octanol–water partition coefficient (Wildman–Crippen LogP) is 3.13. The van der Waals surface area contributed by atoms with Gasteiger partial charge < -0.3 is 15.4 Å². The molecule has 1 fully saturated rings. The number of ether oxygens (including phenoxy) is 1. The van der Waals surface area contributed by atoms with E-state index in [1.165, 1.54) is 0 Å². The fraction of sp³-hybridized carbons (Fsp3) is 0.500. The maximum atomic E-state index is 12.4. The lowest BCUT2D eigenvalue weighted by atomic mass is 10.2. The van der Waals surface area contributed by atoms with Crippen LogP contribution < -0.4 is 10.5 Å². The van der Waals surface area contributed by atoms with Crippen molar-refractivity contribution in [2.75, 3.05) is 13.1 Å². The molecular weight excluding hydrogens is 335 g/mol. The Balaban J connectivity index is 0.00000220. The van der Waals surface area contributed by atoms with Crippen LogP contribution in [-0.2, 0) is 4.79 Å². The summed E-state index contributed by atoms with van der Waals surface area (Å²) in [5.74, 6) is 0.407. The van der Waals surface area contributed by atoms with Crippen molar-refractivity contribution in [1.82, 2.24) is 4.90 Å². The molecular formula is C14H19Cl3N2O2. The van der Waals surface area contributed by atoms with Crippen LogP contribution in [0.15, 0.2) is 18.2 Å². The number of carbonyl (C=O) groups excluding carboxylic acids is 1. The third kappa shape index (κ3) is 4.39. The summed E-state index contributed by atoms with van der Waals surface area (Å²) in [4.78, 5) is 14.2. The lowest BCUT2D eigenvalue weighted by Gasteiger charge is -2.27. The van der Waals surface area contributed by atoms with Gasteiger partial charge in [0, 0.05) is 24.2 Å². The molecule has 2 unspecified atom stereocenters. The Hall–Kier alpha value is -0.680. The summed E-state index contributed by atoms with van der Waals surface area (Å²) >= 11 is 11.9. The summed E-state index contributed by atoms with van der Waals surface area (Å²) in [6.45, 7) is 2.95. The molecule has 1 amide bonds. The van der Waals surface area contributed by atoms with Gasteiger partial charge in [-0.3, -0.25) is 4.79 Å². The highest BCUT2D eigenvalue weighted by molar-refractivity contribution is 6.35. The van der Waals surface area contributed by atoms with Gasteiger partial charge in [0.1, 0.15) is 5.75 Å². The molecule has 0 saturated carbocycles. The predicted molar refractivity (Wildman–Crippen MR) is 87.6 cm³/mol. The molecule has 1 aromatic carbocycles. The number of carbonyl (C=O) groups is 1. The van der Waals surface area contributed by atoms with Crippen LogP contribution in [0.1, 0.15) is 19.8 Å². The van der Waals surface area contributed by atoms with E-state index in [4.69, 9.17) is 33.7 Å². The van der Waals surface area contributed by atoms with Gasteiger partial charge in [0.15, 0.2) is 6.10 Å². The van der Waals surface area contributed by atoms with Gasteiger partial charge in [-0.25, -0.2) is 0 Å². The molecule has 0 aromatic heterocycles. The van der Waals surface area contributed by atoms with Crippen LogP contribution in [0.4, 0.5) is 0 Å². The Labute approximate surface area is 140 Å². The van der Waals surface area contributed by atoms with Crippen molar-refractivity contribution in [3.05, 3.63) is 28.2 Å². The number of amides is 1. The van der Waals surface area contributed by atoms with Gasteiger partial charge in [0.2, 0.25) is 0 Å². The highest BCUT2D eigenvalue weighted by atomic mass is 35.5. The van der Waals surface area contributed by atoms with Gasteiger partial charge in [0.05, 0.1) is 5.02 Å². The van der Waals surface area contributed by atoms with Gasteiger partial charge in [-0.1, -0.05) is 23.2 Å². The Bertz CT molecular complexity index is 499. The standard InChI is InChI=1S/C14H18Cl2N2O2.ClH/c1-9(14(19)18-6-2-3-11(18)8-17)20-13-5-4-10(15)7-12(13)16;/h4-5,7,9,11H,2-3,6,8,17H2,1H3;1H. The maximum absolute atomic E-state index is 12.4. The summed E-state index contributed by atoms with van der Waals surface area (Å²) in [7, 11) is 0. The van der Waals surface area contributed by atoms with Crippen LogP contribution in [0.3, 0.4) is 0 Å². The van der Waals surface area contributed by atoms with E-state index >= 15 is 0 Å². The first kappa shape index (κ1) is 18.4. The molecule has 0 radical (unpaired) electrons. The minimum atomic E-state index is -0.596. The lowest BCUT2D eigenvalue weighted by Crippen LogP contribution is -2.45. The van der Waals surface area contributed by atoms with E-state index in [-0.39, 0.29) is 24.4 Å². The number of hydrogen-bond donors (Lipinski definition) is 1. The first-order chi connectivity index (χ1) is 9.52. The zero-order valence-electron chi connectivity index (χ0n) is 11.7.